The lowest BCUT2D eigenvalue weighted by atomic mass is 9.98. The van der Waals surface area contributed by atoms with E-state index in [1.807, 2.05) is 12.4 Å². The van der Waals surface area contributed by atoms with E-state index in [0.717, 1.165) is 35.2 Å². The van der Waals surface area contributed by atoms with Crippen molar-refractivity contribution in [3.63, 3.8) is 0 Å². The molecule has 1 unspecified atom stereocenters. The van der Waals surface area contributed by atoms with E-state index >= 15 is 0 Å². The Morgan fingerprint density at radius 3 is 2.68 bits per heavy atom. The monoisotopic (exact) mass is 441 g/mol. The quantitative estimate of drug-likeness (QED) is 0.384. The van der Waals surface area contributed by atoms with Crippen molar-refractivity contribution in [2.45, 2.75) is 64.8 Å². The predicted octanol–water partition coefficient (Wildman–Crippen LogP) is 5.88. The standard InChI is InChI=1S/C23H32FN5OSi/c1-23(2,3)29-19-9-10-28(15-30-11-12-31(4,5)6)22(19)25-14-20(29)21-17-8-7-16(24)13-18(17)26-27-21/h7-10,13-14,20H,11-12,15H2,1-6H3,(H,26,27). The van der Waals surface area contributed by atoms with Gasteiger partial charge in [-0.25, -0.2) is 9.38 Å². The average Bonchev–Trinajstić information content (AvgIpc) is 3.26. The molecule has 1 atom stereocenters. The Bertz CT molecular complexity index is 1110. The molecule has 0 spiro atoms. The van der Waals surface area contributed by atoms with Crippen molar-refractivity contribution in [1.29, 1.82) is 0 Å². The Hall–Kier alpha value is -2.45. The van der Waals surface area contributed by atoms with Gasteiger partial charge in [0.1, 0.15) is 18.6 Å². The van der Waals surface area contributed by atoms with Gasteiger partial charge in [0.25, 0.3) is 0 Å². The molecule has 3 aromatic rings. The first kappa shape index (κ1) is 21.8. The molecule has 0 bridgehead atoms. The zero-order chi connectivity index (χ0) is 22.4. The number of nitrogens with one attached hydrogen (secondary N) is 1. The summed E-state index contributed by atoms with van der Waals surface area (Å²) in [5.41, 5.74) is 2.42. The zero-order valence-corrected chi connectivity index (χ0v) is 20.2. The minimum Gasteiger partial charge on any atom is -0.361 e. The summed E-state index contributed by atoms with van der Waals surface area (Å²) in [5, 5.41) is 8.36. The van der Waals surface area contributed by atoms with Crippen LogP contribution in [0.2, 0.25) is 25.7 Å². The van der Waals surface area contributed by atoms with Gasteiger partial charge in [0, 0.05) is 44.1 Å². The number of H-pyrrole nitrogens is 1. The van der Waals surface area contributed by atoms with E-state index in [9.17, 15) is 4.39 Å². The van der Waals surface area contributed by atoms with Crippen molar-refractivity contribution in [3.05, 3.63) is 42.0 Å². The summed E-state index contributed by atoms with van der Waals surface area (Å²) >= 11 is 0. The number of halogens is 1. The smallest absolute Gasteiger partial charge is 0.157 e. The number of aromatic nitrogens is 3. The molecular weight excluding hydrogens is 409 g/mol. The van der Waals surface area contributed by atoms with E-state index in [-0.39, 0.29) is 17.4 Å². The van der Waals surface area contributed by atoms with Crippen LogP contribution in [0.4, 0.5) is 15.9 Å². The molecule has 8 heteroatoms. The molecule has 0 radical (unpaired) electrons. The van der Waals surface area contributed by atoms with Crippen LogP contribution >= 0.6 is 0 Å². The third-order valence-electron chi connectivity index (χ3n) is 5.58. The van der Waals surface area contributed by atoms with E-state index < -0.39 is 8.07 Å². The van der Waals surface area contributed by atoms with Gasteiger partial charge in [-0.15, -0.1) is 0 Å². The maximum absolute atomic E-state index is 13.6. The molecule has 2 aromatic heterocycles. The molecule has 1 N–H and O–H groups in total. The summed E-state index contributed by atoms with van der Waals surface area (Å²) in [5.74, 6) is 0.609. The number of fused-ring (bicyclic) bond motifs is 2. The Morgan fingerprint density at radius 1 is 1.19 bits per heavy atom. The first-order valence-electron chi connectivity index (χ1n) is 10.8. The van der Waals surface area contributed by atoms with Crippen LogP contribution in [-0.2, 0) is 11.5 Å². The molecule has 0 amide bonds. The van der Waals surface area contributed by atoms with E-state index in [0.29, 0.717) is 12.2 Å². The fraction of sp³-hybridized carbons (Fsp3) is 0.478. The zero-order valence-electron chi connectivity index (χ0n) is 19.2. The third kappa shape index (κ3) is 4.45. The number of rotatable bonds is 6. The highest BCUT2D eigenvalue weighted by atomic mass is 28.3. The van der Waals surface area contributed by atoms with Crippen LogP contribution in [0.1, 0.15) is 32.5 Å². The van der Waals surface area contributed by atoms with Gasteiger partial charge in [-0.2, -0.15) is 5.10 Å². The molecule has 1 aliphatic heterocycles. The van der Waals surface area contributed by atoms with Crippen LogP contribution in [0.25, 0.3) is 10.9 Å². The summed E-state index contributed by atoms with van der Waals surface area (Å²) in [7, 11) is -1.11. The molecule has 1 aliphatic rings. The van der Waals surface area contributed by atoms with Crippen molar-refractivity contribution in [3.8, 4) is 0 Å². The molecule has 31 heavy (non-hydrogen) atoms. The van der Waals surface area contributed by atoms with Crippen molar-refractivity contribution in [2.24, 2.45) is 4.99 Å². The van der Waals surface area contributed by atoms with Gasteiger partial charge in [0.2, 0.25) is 0 Å². The molecule has 0 aliphatic carbocycles. The summed E-state index contributed by atoms with van der Waals surface area (Å²) < 4.78 is 21.7. The summed E-state index contributed by atoms with van der Waals surface area (Å²) in [4.78, 5) is 7.15. The highest BCUT2D eigenvalue weighted by Gasteiger charge is 2.36. The number of nitrogens with zero attached hydrogens (tertiary/aromatic N) is 4. The molecule has 3 heterocycles. The number of hydrogen-bond donors (Lipinski definition) is 1. The predicted molar refractivity (Wildman–Crippen MR) is 128 cm³/mol. The molecule has 0 fully saturated rings. The number of aromatic amines is 1. The molecule has 6 nitrogen and oxygen atoms in total. The Labute approximate surface area is 184 Å². The van der Waals surface area contributed by atoms with Crippen LogP contribution in [0.5, 0.6) is 0 Å². The van der Waals surface area contributed by atoms with Crippen molar-refractivity contribution < 1.29 is 9.13 Å². The van der Waals surface area contributed by atoms with Gasteiger partial charge < -0.3 is 14.2 Å². The lowest BCUT2D eigenvalue weighted by Crippen LogP contribution is -2.46. The molecule has 166 valence electrons. The third-order valence-corrected chi connectivity index (χ3v) is 7.29. The number of benzene rings is 1. The topological polar surface area (TPSA) is 58.4 Å². The van der Waals surface area contributed by atoms with Crippen molar-refractivity contribution >= 4 is 36.7 Å². The summed E-state index contributed by atoms with van der Waals surface area (Å²) in [6, 6.07) is 7.82. The number of ether oxygens (including phenoxy) is 1. The van der Waals surface area contributed by atoms with E-state index in [1.165, 1.54) is 12.1 Å². The highest BCUT2D eigenvalue weighted by molar-refractivity contribution is 6.76. The van der Waals surface area contributed by atoms with Crippen molar-refractivity contribution in [2.75, 3.05) is 11.5 Å². The molecule has 0 saturated carbocycles. The minimum absolute atomic E-state index is 0.133. The number of hydrogen-bond acceptors (Lipinski definition) is 4. The van der Waals surface area contributed by atoms with Gasteiger partial charge in [0.05, 0.1) is 16.9 Å². The van der Waals surface area contributed by atoms with E-state index in [1.54, 1.807) is 6.07 Å². The Balaban J connectivity index is 1.64. The highest BCUT2D eigenvalue weighted by Crippen LogP contribution is 2.44. The molecule has 1 aromatic carbocycles. The normalized spacial score (nSPS) is 16.9. The average molecular weight is 442 g/mol. The lowest BCUT2D eigenvalue weighted by Gasteiger charge is -2.43. The van der Waals surface area contributed by atoms with E-state index in [4.69, 9.17) is 9.73 Å². The first-order chi connectivity index (χ1) is 14.5. The second-order valence-electron chi connectivity index (χ2n) is 10.4. The molecule has 4 rings (SSSR count). The SMILES string of the molecule is CC(C)(C)N1c2ccn(COCC[Si](C)(C)C)c2N=CC1c1[nH]nc2cc(F)ccc12. The number of aliphatic imine (C=N–C) groups is 1. The van der Waals surface area contributed by atoms with Gasteiger partial charge in [-0.1, -0.05) is 19.6 Å². The maximum Gasteiger partial charge on any atom is 0.157 e. The largest absolute Gasteiger partial charge is 0.361 e. The van der Waals surface area contributed by atoms with Gasteiger partial charge in [-0.05, 0) is 45.0 Å². The lowest BCUT2D eigenvalue weighted by molar-refractivity contribution is 0.0885. The van der Waals surface area contributed by atoms with Crippen molar-refractivity contribution in [1.82, 2.24) is 14.8 Å². The fourth-order valence-corrected chi connectivity index (χ4v) is 4.75. The first-order valence-corrected chi connectivity index (χ1v) is 14.5. The van der Waals surface area contributed by atoms with Crippen LogP contribution in [-0.4, -0.2) is 41.2 Å². The van der Waals surface area contributed by atoms with Crippen LogP contribution in [0, 0.1) is 5.82 Å². The van der Waals surface area contributed by atoms with Crippen LogP contribution in [0.3, 0.4) is 0 Å². The Morgan fingerprint density at radius 2 is 1.97 bits per heavy atom. The second-order valence-corrected chi connectivity index (χ2v) is 16.0. The van der Waals surface area contributed by atoms with Gasteiger partial charge >= 0.3 is 0 Å². The molecular formula is C23H32FN5OSi. The van der Waals surface area contributed by atoms with Gasteiger partial charge in [0.15, 0.2) is 5.82 Å². The maximum atomic E-state index is 13.6. The van der Waals surface area contributed by atoms with Crippen LogP contribution in [0.15, 0.2) is 35.5 Å². The summed E-state index contributed by atoms with van der Waals surface area (Å²) in [6.07, 6.45) is 3.99. The van der Waals surface area contributed by atoms with Crippen LogP contribution < -0.4 is 4.90 Å². The fourth-order valence-electron chi connectivity index (χ4n) is 4.00. The minimum atomic E-state index is -1.11. The van der Waals surface area contributed by atoms with E-state index in [2.05, 4.69) is 66.1 Å². The Kier molecular flexibility index (Phi) is 5.55. The molecule has 0 saturated heterocycles. The van der Waals surface area contributed by atoms with Gasteiger partial charge in [-0.3, -0.25) is 5.10 Å². The number of anilines is 1. The summed E-state index contributed by atoms with van der Waals surface area (Å²) in [6.45, 7) is 14.9. The second kappa shape index (κ2) is 7.91.